The summed E-state index contributed by atoms with van der Waals surface area (Å²) in [6, 6.07) is 11.5. The van der Waals surface area contributed by atoms with Gasteiger partial charge in [-0.3, -0.25) is 15.2 Å². The van der Waals surface area contributed by atoms with Crippen molar-refractivity contribution < 1.29 is 4.79 Å². The summed E-state index contributed by atoms with van der Waals surface area (Å²) in [6.07, 6.45) is 5.09. The van der Waals surface area contributed by atoms with Crippen molar-refractivity contribution in [1.82, 2.24) is 14.6 Å². The van der Waals surface area contributed by atoms with Crippen molar-refractivity contribution in [2.24, 2.45) is 10.1 Å². The number of rotatable bonds is 3. The lowest BCUT2D eigenvalue weighted by atomic mass is 10.1. The Morgan fingerprint density at radius 1 is 1.15 bits per heavy atom. The topological polar surface area (TPSA) is 86.7 Å². The maximum Gasteiger partial charge on any atom is 0.283 e. The highest BCUT2D eigenvalue weighted by atomic mass is 35.5. The normalized spacial score (nSPS) is 16.8. The fourth-order valence-corrected chi connectivity index (χ4v) is 4.93. The number of aliphatic imine (C=N–C) groups is 1. The molecule has 164 valence electrons. The molecule has 2 aliphatic rings. The zero-order chi connectivity index (χ0) is 23.3. The number of fused-ring (bicyclic) bond motifs is 1. The molecular weight excluding hydrogens is 456 g/mol. The van der Waals surface area contributed by atoms with Crippen LogP contribution in [-0.2, 0) is 4.79 Å². The number of thioether (sulfide) groups is 1. The second kappa shape index (κ2) is 8.13. The third-order valence-electron chi connectivity index (χ3n) is 5.55. The van der Waals surface area contributed by atoms with Gasteiger partial charge in [-0.2, -0.15) is 15.1 Å². The molecule has 2 aromatic heterocycles. The molecule has 1 aromatic carbocycles. The van der Waals surface area contributed by atoms with E-state index in [1.807, 2.05) is 57.2 Å². The smallest absolute Gasteiger partial charge is 0.283 e. The van der Waals surface area contributed by atoms with Gasteiger partial charge in [-0.15, -0.1) is 0 Å². The van der Waals surface area contributed by atoms with Gasteiger partial charge in [0.1, 0.15) is 5.04 Å². The molecule has 7 nitrogen and oxygen atoms in total. The van der Waals surface area contributed by atoms with Gasteiger partial charge in [-0.25, -0.2) is 0 Å². The molecule has 2 aliphatic heterocycles. The van der Waals surface area contributed by atoms with Gasteiger partial charge in [-0.1, -0.05) is 17.7 Å². The highest BCUT2D eigenvalue weighted by Gasteiger charge is 2.36. The summed E-state index contributed by atoms with van der Waals surface area (Å²) in [7, 11) is 0. The van der Waals surface area contributed by atoms with Crippen LogP contribution in [0.15, 0.2) is 64.5 Å². The highest BCUT2D eigenvalue weighted by molar-refractivity contribution is 8.27. The second-order valence-corrected chi connectivity index (χ2v) is 9.15. The quantitative estimate of drug-likeness (QED) is 0.534. The van der Waals surface area contributed by atoms with Crippen LogP contribution in [0.2, 0.25) is 5.02 Å². The van der Waals surface area contributed by atoms with E-state index in [-0.39, 0.29) is 11.4 Å². The first-order valence-electron chi connectivity index (χ1n) is 10.2. The fourth-order valence-electron chi connectivity index (χ4n) is 3.88. The fraction of sp³-hybridized carbons (Fsp3) is 0.125. The van der Waals surface area contributed by atoms with Crippen molar-refractivity contribution in [1.29, 1.82) is 5.41 Å². The molecule has 0 radical (unpaired) electrons. The van der Waals surface area contributed by atoms with Crippen LogP contribution in [0.4, 0.5) is 0 Å². The van der Waals surface area contributed by atoms with Crippen LogP contribution < -0.4 is 0 Å². The first-order chi connectivity index (χ1) is 15.8. The Balaban J connectivity index is 1.54. The van der Waals surface area contributed by atoms with E-state index in [1.54, 1.807) is 18.5 Å². The average Bonchev–Trinajstić information content (AvgIpc) is 3.34. The number of hydrogen-bond acceptors (Lipinski definition) is 5. The number of aromatic nitrogens is 2. The highest BCUT2D eigenvalue weighted by Crippen LogP contribution is 2.32. The minimum Gasteiger partial charge on any atom is -0.318 e. The molecule has 5 rings (SSSR count). The molecule has 0 unspecified atom stereocenters. The van der Waals surface area contributed by atoms with E-state index in [4.69, 9.17) is 17.0 Å². The zero-order valence-corrected chi connectivity index (χ0v) is 19.7. The molecule has 0 bridgehead atoms. The lowest BCUT2D eigenvalue weighted by molar-refractivity contribution is -0.114. The second-order valence-electron chi connectivity index (χ2n) is 7.76. The molecular formula is C24H19ClN6OS. The van der Waals surface area contributed by atoms with Crippen LogP contribution in [0.3, 0.4) is 0 Å². The van der Waals surface area contributed by atoms with Crippen LogP contribution in [0.5, 0.6) is 0 Å². The summed E-state index contributed by atoms with van der Waals surface area (Å²) in [5, 5.41) is 16.2. The molecule has 33 heavy (non-hydrogen) atoms. The van der Waals surface area contributed by atoms with E-state index < -0.39 is 5.91 Å². The summed E-state index contributed by atoms with van der Waals surface area (Å²) in [5.41, 5.74) is 5.84. The lowest BCUT2D eigenvalue weighted by Crippen LogP contribution is -2.35. The van der Waals surface area contributed by atoms with E-state index >= 15 is 0 Å². The number of hydrazone groups is 1. The number of benzene rings is 1. The van der Waals surface area contributed by atoms with Crippen molar-refractivity contribution in [3.8, 4) is 5.69 Å². The summed E-state index contributed by atoms with van der Waals surface area (Å²) >= 11 is 7.50. The van der Waals surface area contributed by atoms with E-state index in [2.05, 4.69) is 19.6 Å². The van der Waals surface area contributed by atoms with Crippen LogP contribution in [-0.4, -0.2) is 36.5 Å². The molecule has 0 saturated carbocycles. The predicted molar refractivity (Wildman–Crippen MR) is 133 cm³/mol. The van der Waals surface area contributed by atoms with Gasteiger partial charge in [0, 0.05) is 40.1 Å². The third kappa shape index (κ3) is 3.71. The van der Waals surface area contributed by atoms with E-state index in [1.165, 1.54) is 16.8 Å². The van der Waals surface area contributed by atoms with E-state index in [0.29, 0.717) is 15.2 Å². The van der Waals surface area contributed by atoms with Gasteiger partial charge in [0.05, 0.1) is 5.57 Å². The van der Waals surface area contributed by atoms with Crippen molar-refractivity contribution in [3.63, 3.8) is 0 Å². The minimum atomic E-state index is -0.454. The van der Waals surface area contributed by atoms with Crippen LogP contribution >= 0.6 is 23.4 Å². The lowest BCUT2D eigenvalue weighted by Gasteiger charge is -2.20. The molecule has 3 aromatic rings. The number of aryl methyl sites for hydroxylation is 2. The summed E-state index contributed by atoms with van der Waals surface area (Å²) < 4.78 is 2.10. The Kier molecular flexibility index (Phi) is 5.26. The van der Waals surface area contributed by atoms with Crippen molar-refractivity contribution >= 4 is 51.4 Å². The molecule has 0 atom stereocenters. The van der Waals surface area contributed by atoms with Crippen molar-refractivity contribution in [2.75, 3.05) is 0 Å². The Morgan fingerprint density at radius 3 is 2.73 bits per heavy atom. The number of carbonyl (C=O) groups excluding carboxylic acids is 1. The number of amides is 1. The van der Waals surface area contributed by atoms with Gasteiger partial charge in [0.2, 0.25) is 5.17 Å². The maximum atomic E-state index is 12.8. The molecule has 9 heteroatoms. The Labute approximate surface area is 200 Å². The largest absolute Gasteiger partial charge is 0.318 e. The standard InChI is InChI=1S/C24H19ClN6OS/c1-13-6-7-18(25)11-20(13)30-14(2)9-17(15(30)3)10-19-21(26)31-24(28-22(19)32)33-23(29-31)16-5-4-8-27-12-16/h4-12,26H,1-3H3/b19-10+,26-21?. The number of halogens is 1. The molecule has 4 heterocycles. The first kappa shape index (κ1) is 21.4. The van der Waals surface area contributed by atoms with Crippen molar-refractivity contribution in [3.05, 3.63) is 87.5 Å². The Hall–Kier alpha value is -3.49. The van der Waals surface area contributed by atoms with Gasteiger partial charge in [0.15, 0.2) is 5.84 Å². The van der Waals surface area contributed by atoms with E-state index in [0.717, 1.165) is 33.8 Å². The van der Waals surface area contributed by atoms with E-state index in [9.17, 15) is 4.79 Å². The molecule has 0 fully saturated rings. The first-order valence-corrected chi connectivity index (χ1v) is 11.4. The number of nitrogens with zero attached hydrogens (tertiary/aromatic N) is 5. The summed E-state index contributed by atoms with van der Waals surface area (Å²) in [5.74, 6) is -0.453. The number of carbonyl (C=O) groups is 1. The Morgan fingerprint density at radius 2 is 1.97 bits per heavy atom. The van der Waals surface area contributed by atoms with Gasteiger partial charge in [0.25, 0.3) is 5.91 Å². The molecule has 0 saturated heterocycles. The Bertz CT molecular complexity index is 1420. The SMILES string of the molecule is Cc1ccc(Cl)cc1-n1c(C)cc(/C=C2\C(=N)N3N=C(c4cccnc4)SC3=NC2=O)c1C. The predicted octanol–water partition coefficient (Wildman–Crippen LogP) is 5.12. The molecule has 1 N–H and O–H groups in total. The van der Waals surface area contributed by atoms with Gasteiger partial charge in [-0.05, 0) is 80.1 Å². The zero-order valence-electron chi connectivity index (χ0n) is 18.1. The van der Waals surface area contributed by atoms with Crippen LogP contribution in [0, 0.1) is 26.2 Å². The van der Waals surface area contributed by atoms with Crippen molar-refractivity contribution in [2.45, 2.75) is 20.8 Å². The number of nitrogens with one attached hydrogen (secondary N) is 1. The average molecular weight is 475 g/mol. The summed E-state index contributed by atoms with van der Waals surface area (Å²) in [4.78, 5) is 21.1. The molecule has 0 aliphatic carbocycles. The number of pyridine rings is 1. The van der Waals surface area contributed by atoms with Crippen LogP contribution in [0.1, 0.15) is 28.1 Å². The number of hydrogen-bond donors (Lipinski definition) is 1. The summed E-state index contributed by atoms with van der Waals surface area (Å²) in [6.45, 7) is 6.01. The van der Waals surface area contributed by atoms with Gasteiger partial charge < -0.3 is 4.57 Å². The monoisotopic (exact) mass is 474 g/mol. The minimum absolute atomic E-state index is 0.000120. The van der Waals surface area contributed by atoms with Gasteiger partial charge >= 0.3 is 0 Å². The molecule has 1 amide bonds. The maximum absolute atomic E-state index is 12.8. The third-order valence-corrected chi connectivity index (χ3v) is 6.74. The molecule has 0 spiro atoms. The number of amidine groups is 2. The van der Waals surface area contributed by atoms with Crippen LogP contribution in [0.25, 0.3) is 11.8 Å².